The van der Waals surface area contributed by atoms with Crippen LogP contribution in [0, 0.1) is 0 Å². The first-order chi connectivity index (χ1) is 11.9. The van der Waals surface area contributed by atoms with Crippen molar-refractivity contribution in [3.8, 4) is 5.75 Å². The molecule has 2 amide bonds. The van der Waals surface area contributed by atoms with Crippen LogP contribution in [-0.2, 0) is 9.59 Å². The van der Waals surface area contributed by atoms with Gasteiger partial charge in [-0.3, -0.25) is 14.4 Å². The summed E-state index contributed by atoms with van der Waals surface area (Å²) in [6, 6.07) is 5.41. The minimum atomic E-state index is -0.694. The van der Waals surface area contributed by atoms with Crippen molar-refractivity contribution in [2.24, 2.45) is 5.73 Å². The SMILES string of the molecule is C=CCCCCCC[C@H](NC(=O)c1ccc(OC(C)=O)cc1)C(N)=O. The molecule has 0 unspecified atom stereocenters. The van der Waals surface area contributed by atoms with E-state index in [4.69, 9.17) is 10.5 Å². The van der Waals surface area contributed by atoms with Crippen molar-refractivity contribution in [3.63, 3.8) is 0 Å². The standard InChI is InChI=1S/C19H26N2O4/c1-3-4-5-6-7-8-9-17(18(20)23)21-19(24)15-10-12-16(13-11-15)25-14(2)22/h3,10-13,17H,1,4-9H2,2H3,(H2,20,23)(H,21,24)/t17-/m0/s1. The Hall–Kier alpha value is -2.63. The van der Waals surface area contributed by atoms with Gasteiger partial charge in [0.2, 0.25) is 5.91 Å². The minimum absolute atomic E-state index is 0.357. The Morgan fingerprint density at radius 1 is 1.16 bits per heavy atom. The molecule has 0 heterocycles. The Morgan fingerprint density at radius 3 is 2.36 bits per heavy atom. The highest BCUT2D eigenvalue weighted by Crippen LogP contribution is 2.13. The summed E-state index contributed by atoms with van der Waals surface area (Å²) >= 11 is 0. The van der Waals surface area contributed by atoms with E-state index < -0.39 is 17.9 Å². The van der Waals surface area contributed by atoms with E-state index in [0.29, 0.717) is 17.7 Å². The topological polar surface area (TPSA) is 98.5 Å². The number of primary amides is 1. The molecule has 0 saturated carbocycles. The van der Waals surface area contributed by atoms with Crippen molar-refractivity contribution in [1.29, 1.82) is 0 Å². The van der Waals surface area contributed by atoms with Crippen molar-refractivity contribution in [1.82, 2.24) is 5.32 Å². The van der Waals surface area contributed by atoms with Gasteiger partial charge in [0, 0.05) is 12.5 Å². The number of hydrogen-bond acceptors (Lipinski definition) is 4. The number of benzene rings is 1. The Bertz CT molecular complexity index is 596. The van der Waals surface area contributed by atoms with Gasteiger partial charge < -0.3 is 15.8 Å². The molecule has 0 aliphatic rings. The van der Waals surface area contributed by atoms with E-state index in [0.717, 1.165) is 32.1 Å². The van der Waals surface area contributed by atoms with Crippen LogP contribution < -0.4 is 15.8 Å². The summed E-state index contributed by atoms with van der Waals surface area (Å²) < 4.78 is 4.91. The number of allylic oxidation sites excluding steroid dienone is 1. The summed E-state index contributed by atoms with van der Waals surface area (Å²) in [7, 11) is 0. The predicted octanol–water partition coefficient (Wildman–Crippen LogP) is 2.72. The highest BCUT2D eigenvalue weighted by molar-refractivity contribution is 5.97. The molecular weight excluding hydrogens is 320 g/mol. The smallest absolute Gasteiger partial charge is 0.308 e. The lowest BCUT2D eigenvalue weighted by Crippen LogP contribution is -2.44. The van der Waals surface area contributed by atoms with Crippen LogP contribution in [0.3, 0.4) is 0 Å². The number of nitrogens with one attached hydrogen (secondary N) is 1. The van der Waals surface area contributed by atoms with Gasteiger partial charge in [-0.05, 0) is 43.5 Å². The fourth-order valence-corrected chi connectivity index (χ4v) is 2.36. The zero-order valence-electron chi connectivity index (χ0n) is 14.6. The Labute approximate surface area is 148 Å². The monoisotopic (exact) mass is 346 g/mol. The third-order valence-electron chi connectivity index (χ3n) is 3.68. The summed E-state index contributed by atoms with van der Waals surface area (Å²) in [4.78, 5) is 34.7. The second-order valence-corrected chi connectivity index (χ2v) is 5.83. The van der Waals surface area contributed by atoms with E-state index >= 15 is 0 Å². The van der Waals surface area contributed by atoms with E-state index in [1.165, 1.54) is 31.2 Å². The fourth-order valence-electron chi connectivity index (χ4n) is 2.36. The Balaban J connectivity index is 2.50. The number of amides is 2. The molecule has 25 heavy (non-hydrogen) atoms. The molecule has 1 rings (SSSR count). The zero-order valence-corrected chi connectivity index (χ0v) is 14.6. The van der Waals surface area contributed by atoms with Crippen LogP contribution in [0.2, 0.25) is 0 Å². The number of esters is 1. The van der Waals surface area contributed by atoms with Crippen molar-refractivity contribution in [2.75, 3.05) is 0 Å². The number of hydrogen-bond donors (Lipinski definition) is 2. The molecular formula is C19H26N2O4. The Kier molecular flexibility index (Phi) is 9.00. The maximum atomic E-state index is 12.2. The molecule has 0 aliphatic carbocycles. The molecule has 6 nitrogen and oxygen atoms in total. The summed E-state index contributed by atoms with van der Waals surface area (Å²) in [5.74, 6) is -1.00. The van der Waals surface area contributed by atoms with Gasteiger partial charge in [-0.15, -0.1) is 6.58 Å². The first-order valence-electron chi connectivity index (χ1n) is 8.43. The maximum Gasteiger partial charge on any atom is 0.308 e. The van der Waals surface area contributed by atoms with Crippen LogP contribution in [0.1, 0.15) is 55.8 Å². The molecule has 0 aliphatic heterocycles. The van der Waals surface area contributed by atoms with Gasteiger partial charge in [-0.2, -0.15) is 0 Å². The van der Waals surface area contributed by atoms with E-state index in [2.05, 4.69) is 11.9 Å². The highest BCUT2D eigenvalue weighted by atomic mass is 16.5. The first kappa shape index (κ1) is 20.4. The number of rotatable bonds is 11. The van der Waals surface area contributed by atoms with Crippen LogP contribution in [0.4, 0.5) is 0 Å². The second-order valence-electron chi connectivity index (χ2n) is 5.83. The molecule has 0 fully saturated rings. The largest absolute Gasteiger partial charge is 0.427 e. The van der Waals surface area contributed by atoms with Crippen molar-refractivity contribution >= 4 is 17.8 Å². The third kappa shape index (κ3) is 8.15. The van der Waals surface area contributed by atoms with E-state index in [1.54, 1.807) is 0 Å². The van der Waals surface area contributed by atoms with Gasteiger partial charge in [0.15, 0.2) is 0 Å². The van der Waals surface area contributed by atoms with Crippen LogP contribution in [0.15, 0.2) is 36.9 Å². The van der Waals surface area contributed by atoms with Crippen LogP contribution in [0.25, 0.3) is 0 Å². The van der Waals surface area contributed by atoms with Crippen molar-refractivity contribution < 1.29 is 19.1 Å². The average Bonchev–Trinajstić information content (AvgIpc) is 2.56. The lowest BCUT2D eigenvalue weighted by atomic mass is 10.1. The summed E-state index contributed by atoms with van der Waals surface area (Å²) in [5.41, 5.74) is 5.75. The molecule has 136 valence electrons. The molecule has 1 aromatic carbocycles. The lowest BCUT2D eigenvalue weighted by molar-refractivity contribution is -0.131. The van der Waals surface area contributed by atoms with Crippen LogP contribution in [-0.4, -0.2) is 23.8 Å². The molecule has 0 bridgehead atoms. The molecule has 0 spiro atoms. The summed E-state index contributed by atoms with van der Waals surface area (Å²) in [6.07, 6.45) is 7.31. The van der Waals surface area contributed by atoms with Gasteiger partial charge >= 0.3 is 5.97 Å². The maximum absolute atomic E-state index is 12.2. The summed E-state index contributed by atoms with van der Waals surface area (Å²) in [6.45, 7) is 4.98. The van der Waals surface area contributed by atoms with Gasteiger partial charge in [-0.1, -0.05) is 25.3 Å². The molecule has 0 saturated heterocycles. The number of nitrogens with two attached hydrogens (primary N) is 1. The third-order valence-corrected chi connectivity index (χ3v) is 3.68. The number of ether oxygens (including phenoxy) is 1. The van der Waals surface area contributed by atoms with E-state index in [1.807, 2.05) is 6.08 Å². The molecule has 6 heteroatoms. The number of unbranched alkanes of at least 4 members (excludes halogenated alkanes) is 4. The van der Waals surface area contributed by atoms with Gasteiger partial charge in [0.05, 0.1) is 0 Å². The minimum Gasteiger partial charge on any atom is -0.427 e. The van der Waals surface area contributed by atoms with E-state index in [-0.39, 0.29) is 5.91 Å². The zero-order chi connectivity index (χ0) is 18.7. The molecule has 0 aromatic heterocycles. The summed E-state index contributed by atoms with van der Waals surface area (Å²) in [5, 5.41) is 2.66. The first-order valence-corrected chi connectivity index (χ1v) is 8.43. The number of carbonyl (C=O) groups is 3. The van der Waals surface area contributed by atoms with Gasteiger partial charge in [0.1, 0.15) is 11.8 Å². The average molecular weight is 346 g/mol. The van der Waals surface area contributed by atoms with Crippen molar-refractivity contribution in [3.05, 3.63) is 42.5 Å². The van der Waals surface area contributed by atoms with Crippen LogP contribution >= 0.6 is 0 Å². The molecule has 1 aromatic rings. The van der Waals surface area contributed by atoms with E-state index in [9.17, 15) is 14.4 Å². The van der Waals surface area contributed by atoms with Gasteiger partial charge in [-0.25, -0.2) is 0 Å². The van der Waals surface area contributed by atoms with Crippen LogP contribution in [0.5, 0.6) is 5.75 Å². The molecule has 1 atom stereocenters. The second kappa shape index (κ2) is 11.0. The Morgan fingerprint density at radius 2 is 1.80 bits per heavy atom. The normalized spacial score (nSPS) is 11.4. The lowest BCUT2D eigenvalue weighted by Gasteiger charge is -2.15. The predicted molar refractivity (Wildman–Crippen MR) is 96.1 cm³/mol. The molecule has 3 N–H and O–H groups in total. The molecule has 0 radical (unpaired) electrons. The highest BCUT2D eigenvalue weighted by Gasteiger charge is 2.18. The van der Waals surface area contributed by atoms with Gasteiger partial charge in [0.25, 0.3) is 5.91 Å². The quantitative estimate of drug-likeness (QED) is 0.278. The fraction of sp³-hybridized carbons (Fsp3) is 0.421. The number of carbonyl (C=O) groups excluding carboxylic acids is 3. The van der Waals surface area contributed by atoms with Crippen molar-refractivity contribution in [2.45, 2.75) is 51.5 Å².